The summed E-state index contributed by atoms with van der Waals surface area (Å²) < 4.78 is 0. The summed E-state index contributed by atoms with van der Waals surface area (Å²) in [5.74, 6) is 1.15. The Morgan fingerprint density at radius 3 is 2.26 bits per heavy atom. The quantitative estimate of drug-likeness (QED) is 0.850. The standard InChI is InChI=1S/C17H29N3O2.ClH/c21-16(13-14-5-1-2-6-14)19-9-4-10-20(12-11-19)17(22)15-7-3-8-18-15;/h14-15,18H,1-13H2;1H. The van der Waals surface area contributed by atoms with E-state index in [-0.39, 0.29) is 24.4 Å². The molecule has 6 heteroatoms. The topological polar surface area (TPSA) is 52.7 Å². The van der Waals surface area contributed by atoms with Gasteiger partial charge in [0.25, 0.3) is 0 Å². The summed E-state index contributed by atoms with van der Waals surface area (Å²) in [6.45, 7) is 3.98. The van der Waals surface area contributed by atoms with Gasteiger partial charge >= 0.3 is 0 Å². The lowest BCUT2D eigenvalue weighted by Crippen LogP contribution is -2.45. The van der Waals surface area contributed by atoms with Gasteiger partial charge in [0, 0.05) is 32.6 Å². The summed E-state index contributed by atoms with van der Waals surface area (Å²) in [6.07, 6.45) is 8.70. The maximum Gasteiger partial charge on any atom is 0.239 e. The van der Waals surface area contributed by atoms with Crippen molar-refractivity contribution in [2.24, 2.45) is 5.92 Å². The first kappa shape index (κ1) is 18.5. The zero-order chi connectivity index (χ0) is 15.4. The second-order valence-electron chi connectivity index (χ2n) is 7.06. The van der Waals surface area contributed by atoms with E-state index < -0.39 is 0 Å². The molecule has 1 atom stereocenters. The molecule has 23 heavy (non-hydrogen) atoms. The predicted molar refractivity (Wildman–Crippen MR) is 92.6 cm³/mol. The zero-order valence-electron chi connectivity index (χ0n) is 14.0. The molecule has 0 bridgehead atoms. The summed E-state index contributed by atoms with van der Waals surface area (Å²) in [6, 6.07) is 0.0146. The van der Waals surface area contributed by atoms with Crippen LogP contribution in [0.25, 0.3) is 0 Å². The van der Waals surface area contributed by atoms with Crippen molar-refractivity contribution in [3.8, 4) is 0 Å². The molecule has 132 valence electrons. The zero-order valence-corrected chi connectivity index (χ0v) is 14.8. The lowest BCUT2D eigenvalue weighted by molar-refractivity contribution is -0.135. The van der Waals surface area contributed by atoms with Crippen molar-refractivity contribution in [1.82, 2.24) is 15.1 Å². The maximum absolute atomic E-state index is 12.5. The minimum absolute atomic E-state index is 0. The van der Waals surface area contributed by atoms with Crippen molar-refractivity contribution >= 4 is 24.2 Å². The van der Waals surface area contributed by atoms with Gasteiger partial charge in [-0.25, -0.2) is 0 Å². The largest absolute Gasteiger partial charge is 0.341 e. The Bertz CT molecular complexity index is 407. The summed E-state index contributed by atoms with van der Waals surface area (Å²) >= 11 is 0. The summed E-state index contributed by atoms with van der Waals surface area (Å²) in [4.78, 5) is 28.9. The van der Waals surface area contributed by atoms with E-state index in [0.29, 0.717) is 24.9 Å². The van der Waals surface area contributed by atoms with Gasteiger partial charge < -0.3 is 15.1 Å². The number of nitrogens with zero attached hydrogens (tertiary/aromatic N) is 2. The van der Waals surface area contributed by atoms with E-state index in [0.717, 1.165) is 45.3 Å². The normalized spacial score (nSPS) is 26.0. The molecule has 2 heterocycles. The van der Waals surface area contributed by atoms with E-state index in [9.17, 15) is 9.59 Å². The van der Waals surface area contributed by atoms with Crippen molar-refractivity contribution in [2.45, 2.75) is 57.4 Å². The van der Waals surface area contributed by atoms with Crippen molar-refractivity contribution in [3.63, 3.8) is 0 Å². The summed E-state index contributed by atoms with van der Waals surface area (Å²) in [5.41, 5.74) is 0. The predicted octanol–water partition coefficient (Wildman–Crippen LogP) is 1.80. The Hall–Kier alpha value is -0.810. The van der Waals surface area contributed by atoms with Crippen molar-refractivity contribution in [2.75, 3.05) is 32.7 Å². The van der Waals surface area contributed by atoms with Gasteiger partial charge in [-0.15, -0.1) is 12.4 Å². The molecule has 1 N–H and O–H groups in total. The molecule has 3 aliphatic rings. The minimum atomic E-state index is 0. The number of amides is 2. The van der Waals surface area contributed by atoms with Crippen LogP contribution in [0.2, 0.25) is 0 Å². The summed E-state index contributed by atoms with van der Waals surface area (Å²) in [5, 5.41) is 3.28. The van der Waals surface area contributed by atoms with E-state index in [1.54, 1.807) is 0 Å². The third-order valence-electron chi connectivity index (χ3n) is 5.46. The lowest BCUT2D eigenvalue weighted by atomic mass is 10.0. The molecule has 1 unspecified atom stereocenters. The molecule has 0 spiro atoms. The highest BCUT2D eigenvalue weighted by atomic mass is 35.5. The minimum Gasteiger partial charge on any atom is -0.341 e. The number of halogens is 1. The van der Waals surface area contributed by atoms with Crippen molar-refractivity contribution in [3.05, 3.63) is 0 Å². The van der Waals surface area contributed by atoms with Crippen LogP contribution in [-0.2, 0) is 9.59 Å². The fourth-order valence-corrected chi connectivity index (χ4v) is 4.09. The number of hydrogen-bond donors (Lipinski definition) is 1. The first-order valence-corrected chi connectivity index (χ1v) is 9.04. The number of carbonyl (C=O) groups excluding carboxylic acids is 2. The molecule has 3 fully saturated rings. The van der Waals surface area contributed by atoms with Crippen LogP contribution in [0, 0.1) is 5.92 Å². The van der Waals surface area contributed by atoms with Crippen LogP contribution >= 0.6 is 12.4 Å². The maximum atomic E-state index is 12.5. The van der Waals surface area contributed by atoms with Crippen LogP contribution in [0.4, 0.5) is 0 Å². The van der Waals surface area contributed by atoms with Gasteiger partial charge in [-0.05, 0) is 44.6 Å². The Labute approximate surface area is 145 Å². The molecular formula is C17H30ClN3O2. The number of nitrogens with one attached hydrogen (secondary N) is 1. The van der Waals surface area contributed by atoms with E-state index in [1.807, 2.05) is 9.80 Å². The van der Waals surface area contributed by atoms with E-state index in [1.165, 1.54) is 25.7 Å². The average Bonchev–Trinajstić information content (AvgIpc) is 3.16. The molecule has 1 aliphatic carbocycles. The van der Waals surface area contributed by atoms with Gasteiger partial charge in [-0.3, -0.25) is 9.59 Å². The van der Waals surface area contributed by atoms with Gasteiger partial charge in [-0.1, -0.05) is 12.8 Å². The van der Waals surface area contributed by atoms with Gasteiger partial charge in [0.2, 0.25) is 11.8 Å². The van der Waals surface area contributed by atoms with Crippen LogP contribution in [0.5, 0.6) is 0 Å². The van der Waals surface area contributed by atoms with Gasteiger partial charge in [0.15, 0.2) is 0 Å². The van der Waals surface area contributed by atoms with Crippen LogP contribution in [0.1, 0.15) is 51.4 Å². The van der Waals surface area contributed by atoms with Gasteiger partial charge in [0.1, 0.15) is 0 Å². The molecule has 0 radical (unpaired) electrons. The van der Waals surface area contributed by atoms with Crippen LogP contribution < -0.4 is 5.32 Å². The molecule has 0 aromatic carbocycles. The molecule has 2 saturated heterocycles. The summed E-state index contributed by atoms with van der Waals surface area (Å²) in [7, 11) is 0. The third kappa shape index (κ3) is 4.83. The highest BCUT2D eigenvalue weighted by Gasteiger charge is 2.29. The smallest absolute Gasteiger partial charge is 0.239 e. The molecule has 0 aromatic heterocycles. The Kier molecular flexibility index (Phi) is 7.15. The molecule has 0 aromatic rings. The molecule has 3 rings (SSSR count). The average molecular weight is 344 g/mol. The van der Waals surface area contributed by atoms with Gasteiger partial charge in [0.05, 0.1) is 6.04 Å². The lowest BCUT2D eigenvalue weighted by Gasteiger charge is -2.25. The second kappa shape index (κ2) is 8.88. The van der Waals surface area contributed by atoms with Crippen LogP contribution in [-0.4, -0.2) is 60.4 Å². The van der Waals surface area contributed by atoms with E-state index >= 15 is 0 Å². The van der Waals surface area contributed by atoms with Crippen molar-refractivity contribution < 1.29 is 9.59 Å². The highest BCUT2D eigenvalue weighted by molar-refractivity contribution is 5.85. The SMILES string of the molecule is Cl.O=C(CC1CCCC1)N1CCCN(C(=O)C2CCCN2)CC1. The second-order valence-corrected chi connectivity index (χ2v) is 7.06. The Balaban J connectivity index is 0.00000192. The number of rotatable bonds is 3. The Morgan fingerprint density at radius 2 is 1.57 bits per heavy atom. The molecule has 1 saturated carbocycles. The fourth-order valence-electron chi connectivity index (χ4n) is 4.09. The van der Waals surface area contributed by atoms with Gasteiger partial charge in [-0.2, -0.15) is 0 Å². The van der Waals surface area contributed by atoms with Crippen molar-refractivity contribution in [1.29, 1.82) is 0 Å². The monoisotopic (exact) mass is 343 g/mol. The Morgan fingerprint density at radius 1 is 0.870 bits per heavy atom. The third-order valence-corrected chi connectivity index (χ3v) is 5.46. The first-order valence-electron chi connectivity index (χ1n) is 9.04. The first-order chi connectivity index (χ1) is 10.7. The molecule has 5 nitrogen and oxygen atoms in total. The highest BCUT2D eigenvalue weighted by Crippen LogP contribution is 2.28. The van der Waals surface area contributed by atoms with E-state index in [2.05, 4.69) is 5.32 Å². The van der Waals surface area contributed by atoms with Crippen LogP contribution in [0.3, 0.4) is 0 Å². The molecule has 2 aliphatic heterocycles. The number of hydrogen-bond acceptors (Lipinski definition) is 3. The molecular weight excluding hydrogens is 314 g/mol. The molecule has 2 amide bonds. The van der Waals surface area contributed by atoms with E-state index in [4.69, 9.17) is 0 Å². The number of carbonyl (C=O) groups is 2. The fraction of sp³-hybridized carbons (Fsp3) is 0.882. The van der Waals surface area contributed by atoms with Crippen LogP contribution in [0.15, 0.2) is 0 Å².